The van der Waals surface area contributed by atoms with Gasteiger partial charge in [-0.3, -0.25) is 0 Å². The SMILES string of the molecule is C[C@@H](N)c1ccc(Br)cc1.C[C@@H](NC(=O)OC(C)(C)C)c1ccc(Br)cc1.Cl. The molecule has 2 aromatic carbocycles. The van der Waals surface area contributed by atoms with Crippen molar-refractivity contribution in [3.05, 3.63) is 68.6 Å². The van der Waals surface area contributed by atoms with E-state index in [9.17, 15) is 4.79 Å². The van der Waals surface area contributed by atoms with E-state index in [1.807, 2.05) is 83.1 Å². The van der Waals surface area contributed by atoms with E-state index in [0.29, 0.717) is 0 Å². The largest absolute Gasteiger partial charge is 0.444 e. The zero-order valence-electron chi connectivity index (χ0n) is 16.8. The summed E-state index contributed by atoms with van der Waals surface area (Å²) in [6.07, 6.45) is -0.395. The number of nitrogens with two attached hydrogens (primary N) is 1. The molecule has 2 atom stereocenters. The summed E-state index contributed by atoms with van der Waals surface area (Å²) in [5, 5.41) is 2.80. The van der Waals surface area contributed by atoms with Crippen molar-refractivity contribution >= 4 is 50.4 Å². The van der Waals surface area contributed by atoms with Crippen molar-refractivity contribution < 1.29 is 9.53 Å². The summed E-state index contributed by atoms with van der Waals surface area (Å²) in [5.74, 6) is 0. The molecule has 0 bridgehead atoms. The predicted octanol–water partition coefficient (Wildman–Crippen LogP) is 6.93. The molecular formula is C21H29Br2ClN2O2. The maximum Gasteiger partial charge on any atom is 0.408 e. The van der Waals surface area contributed by atoms with Gasteiger partial charge in [-0.05, 0) is 70.0 Å². The predicted molar refractivity (Wildman–Crippen MR) is 126 cm³/mol. The van der Waals surface area contributed by atoms with Crippen molar-refractivity contribution in [1.82, 2.24) is 5.32 Å². The van der Waals surface area contributed by atoms with Gasteiger partial charge in [0.15, 0.2) is 0 Å². The zero-order chi connectivity index (χ0) is 20.6. The first-order chi connectivity index (χ1) is 12.5. The summed E-state index contributed by atoms with van der Waals surface area (Å²) in [7, 11) is 0. The van der Waals surface area contributed by atoms with Crippen LogP contribution in [-0.4, -0.2) is 11.7 Å². The Hall–Kier alpha value is -1.08. The molecule has 0 radical (unpaired) electrons. The Morgan fingerprint density at radius 1 is 0.929 bits per heavy atom. The molecule has 2 rings (SSSR count). The number of hydrogen-bond acceptors (Lipinski definition) is 3. The maximum atomic E-state index is 11.6. The van der Waals surface area contributed by atoms with Crippen LogP contribution in [0.1, 0.15) is 57.8 Å². The van der Waals surface area contributed by atoms with Crippen LogP contribution >= 0.6 is 44.3 Å². The smallest absolute Gasteiger partial charge is 0.408 e. The Bertz CT molecular complexity index is 715. The van der Waals surface area contributed by atoms with Crippen LogP contribution in [0.15, 0.2) is 57.5 Å². The third-order valence-corrected chi connectivity index (χ3v) is 4.56. The van der Waals surface area contributed by atoms with E-state index in [0.717, 1.165) is 14.5 Å². The lowest BCUT2D eigenvalue weighted by atomic mass is 10.1. The van der Waals surface area contributed by atoms with E-state index >= 15 is 0 Å². The van der Waals surface area contributed by atoms with Crippen LogP contribution in [0.25, 0.3) is 0 Å². The molecule has 3 N–H and O–H groups in total. The highest BCUT2D eigenvalue weighted by Crippen LogP contribution is 2.17. The van der Waals surface area contributed by atoms with Crippen LogP contribution in [0.2, 0.25) is 0 Å². The molecule has 0 unspecified atom stereocenters. The van der Waals surface area contributed by atoms with Gasteiger partial charge in [-0.1, -0.05) is 56.1 Å². The average molecular weight is 537 g/mol. The number of carbonyl (C=O) groups excluding carboxylic acids is 1. The molecule has 4 nitrogen and oxygen atoms in total. The number of hydrogen-bond donors (Lipinski definition) is 2. The number of ether oxygens (including phenoxy) is 1. The second-order valence-electron chi connectivity index (χ2n) is 7.26. The van der Waals surface area contributed by atoms with Crippen molar-refractivity contribution in [3.63, 3.8) is 0 Å². The lowest BCUT2D eigenvalue weighted by molar-refractivity contribution is 0.0508. The van der Waals surface area contributed by atoms with Crippen molar-refractivity contribution in [3.8, 4) is 0 Å². The Morgan fingerprint density at radius 2 is 1.32 bits per heavy atom. The molecule has 0 fully saturated rings. The van der Waals surface area contributed by atoms with Crippen LogP contribution in [0, 0.1) is 0 Å². The molecule has 0 saturated heterocycles. The van der Waals surface area contributed by atoms with Crippen LogP contribution in [0.5, 0.6) is 0 Å². The van der Waals surface area contributed by atoms with E-state index < -0.39 is 11.7 Å². The van der Waals surface area contributed by atoms with Crippen LogP contribution < -0.4 is 11.1 Å². The van der Waals surface area contributed by atoms with Crippen LogP contribution in [0.4, 0.5) is 4.79 Å². The van der Waals surface area contributed by atoms with E-state index in [4.69, 9.17) is 10.5 Å². The highest BCUT2D eigenvalue weighted by molar-refractivity contribution is 9.10. The van der Waals surface area contributed by atoms with Crippen LogP contribution in [0.3, 0.4) is 0 Å². The van der Waals surface area contributed by atoms with Crippen molar-refractivity contribution in [2.24, 2.45) is 5.73 Å². The summed E-state index contributed by atoms with van der Waals surface area (Å²) in [6.45, 7) is 9.43. The molecule has 0 aliphatic carbocycles. The Balaban J connectivity index is 0.000000567. The number of alkyl carbamates (subject to hydrolysis) is 1. The van der Waals surface area contributed by atoms with Gasteiger partial charge < -0.3 is 15.8 Å². The van der Waals surface area contributed by atoms with Gasteiger partial charge in [0, 0.05) is 15.0 Å². The molecule has 0 aliphatic heterocycles. The topological polar surface area (TPSA) is 64.3 Å². The van der Waals surface area contributed by atoms with Gasteiger partial charge in [0.05, 0.1) is 6.04 Å². The minimum atomic E-state index is -0.469. The minimum Gasteiger partial charge on any atom is -0.444 e. The van der Waals surface area contributed by atoms with Gasteiger partial charge in [-0.2, -0.15) is 0 Å². The van der Waals surface area contributed by atoms with Crippen molar-refractivity contribution in [2.45, 2.75) is 52.3 Å². The van der Waals surface area contributed by atoms with Gasteiger partial charge >= 0.3 is 6.09 Å². The zero-order valence-corrected chi connectivity index (χ0v) is 20.8. The van der Waals surface area contributed by atoms with Gasteiger partial charge in [0.1, 0.15) is 5.60 Å². The Kier molecular flexibility index (Phi) is 12.0. The molecule has 0 saturated carbocycles. The second-order valence-corrected chi connectivity index (χ2v) is 9.09. The number of nitrogens with one attached hydrogen (secondary N) is 1. The lowest BCUT2D eigenvalue weighted by Gasteiger charge is -2.22. The summed E-state index contributed by atoms with van der Waals surface area (Å²) in [6, 6.07) is 15.9. The number of amides is 1. The van der Waals surface area contributed by atoms with Gasteiger partial charge in [0.2, 0.25) is 0 Å². The highest BCUT2D eigenvalue weighted by Gasteiger charge is 2.18. The molecule has 0 spiro atoms. The van der Waals surface area contributed by atoms with Crippen molar-refractivity contribution in [2.75, 3.05) is 0 Å². The minimum absolute atomic E-state index is 0. The standard InChI is InChI=1S/C13H18BrNO2.C8H10BrN.ClH/c1-9(10-5-7-11(14)8-6-10)15-12(16)17-13(2,3)4;1-6(10)7-2-4-8(9)5-3-7;/h5-9H,1-4H3,(H,15,16);2-6H,10H2,1H3;1H/t9-;6-;/m11./s1. The van der Waals surface area contributed by atoms with Gasteiger partial charge in [-0.15, -0.1) is 12.4 Å². The number of carbonyl (C=O) groups is 1. The van der Waals surface area contributed by atoms with Crippen molar-refractivity contribution in [1.29, 1.82) is 0 Å². The van der Waals surface area contributed by atoms with E-state index in [2.05, 4.69) is 37.2 Å². The van der Waals surface area contributed by atoms with E-state index in [-0.39, 0.29) is 24.5 Å². The highest BCUT2D eigenvalue weighted by atomic mass is 79.9. The van der Waals surface area contributed by atoms with E-state index in [1.165, 1.54) is 5.56 Å². The van der Waals surface area contributed by atoms with Gasteiger partial charge in [-0.25, -0.2) is 4.79 Å². The van der Waals surface area contributed by atoms with E-state index in [1.54, 1.807) is 0 Å². The normalized spacial score (nSPS) is 12.6. The summed E-state index contributed by atoms with van der Waals surface area (Å²) in [4.78, 5) is 11.6. The first kappa shape index (κ1) is 26.9. The third kappa shape index (κ3) is 11.1. The molecular weight excluding hydrogens is 508 g/mol. The Morgan fingerprint density at radius 3 is 1.68 bits per heavy atom. The lowest BCUT2D eigenvalue weighted by Crippen LogP contribution is -2.34. The molecule has 28 heavy (non-hydrogen) atoms. The summed E-state index contributed by atoms with van der Waals surface area (Å²) < 4.78 is 7.31. The molecule has 2 aromatic rings. The molecule has 0 heterocycles. The number of benzene rings is 2. The molecule has 1 amide bonds. The first-order valence-electron chi connectivity index (χ1n) is 8.74. The molecule has 0 aromatic heterocycles. The number of halogens is 3. The summed E-state index contributed by atoms with van der Waals surface area (Å²) >= 11 is 6.73. The quantitative estimate of drug-likeness (QED) is 0.447. The molecule has 7 heteroatoms. The maximum absolute atomic E-state index is 11.6. The Labute approximate surface area is 191 Å². The summed E-state index contributed by atoms with van der Waals surface area (Å²) in [5.41, 5.74) is 7.39. The second kappa shape index (κ2) is 12.5. The fourth-order valence-electron chi connectivity index (χ4n) is 2.09. The first-order valence-corrected chi connectivity index (χ1v) is 10.3. The molecule has 0 aliphatic rings. The average Bonchev–Trinajstić information content (AvgIpc) is 2.54. The third-order valence-electron chi connectivity index (χ3n) is 3.50. The monoisotopic (exact) mass is 534 g/mol. The fourth-order valence-corrected chi connectivity index (χ4v) is 2.61. The number of rotatable bonds is 3. The molecule has 156 valence electrons. The fraction of sp³-hybridized carbons (Fsp3) is 0.381. The van der Waals surface area contributed by atoms with Crippen LogP contribution in [-0.2, 0) is 4.74 Å². The van der Waals surface area contributed by atoms with Gasteiger partial charge in [0.25, 0.3) is 0 Å².